The van der Waals surface area contributed by atoms with Crippen LogP contribution in [0.3, 0.4) is 0 Å². The molecule has 0 aliphatic carbocycles. The second kappa shape index (κ2) is 5.39. The maximum absolute atomic E-state index is 12.3. The summed E-state index contributed by atoms with van der Waals surface area (Å²) in [5.74, 6) is 0.706. The number of nitrogen functional groups attached to an aromatic ring is 1. The predicted molar refractivity (Wildman–Crippen MR) is 74.4 cm³/mol. The van der Waals surface area contributed by atoms with E-state index >= 15 is 0 Å². The first-order chi connectivity index (χ1) is 9.13. The summed E-state index contributed by atoms with van der Waals surface area (Å²) in [4.78, 5) is 17.8. The van der Waals surface area contributed by atoms with Crippen LogP contribution in [0.2, 0.25) is 0 Å². The number of anilines is 2. The minimum Gasteiger partial charge on any atom is -0.497 e. The van der Waals surface area contributed by atoms with Crippen molar-refractivity contribution in [2.24, 2.45) is 0 Å². The van der Waals surface area contributed by atoms with Gasteiger partial charge in [-0.05, 0) is 24.3 Å². The molecule has 1 heterocycles. The topological polar surface area (TPSA) is 68.5 Å². The molecule has 0 aliphatic heterocycles. The lowest BCUT2D eigenvalue weighted by atomic mass is 10.2. The Morgan fingerprint density at radius 3 is 2.79 bits per heavy atom. The van der Waals surface area contributed by atoms with Crippen LogP contribution >= 0.6 is 0 Å². The monoisotopic (exact) mass is 257 g/mol. The molecule has 0 bridgehead atoms. The number of pyridine rings is 1. The quantitative estimate of drug-likeness (QED) is 0.912. The van der Waals surface area contributed by atoms with Crippen LogP contribution in [0.5, 0.6) is 5.75 Å². The number of amides is 1. The van der Waals surface area contributed by atoms with E-state index in [9.17, 15) is 4.79 Å². The van der Waals surface area contributed by atoms with Crippen molar-refractivity contribution in [1.82, 2.24) is 4.98 Å². The van der Waals surface area contributed by atoms with E-state index in [2.05, 4.69) is 4.98 Å². The normalized spacial score (nSPS) is 10.0. The van der Waals surface area contributed by atoms with E-state index in [4.69, 9.17) is 10.5 Å². The van der Waals surface area contributed by atoms with Gasteiger partial charge in [-0.3, -0.25) is 4.79 Å². The zero-order chi connectivity index (χ0) is 13.8. The third-order valence-corrected chi connectivity index (χ3v) is 2.81. The summed E-state index contributed by atoms with van der Waals surface area (Å²) >= 11 is 0. The van der Waals surface area contributed by atoms with Crippen molar-refractivity contribution in [2.75, 3.05) is 24.8 Å². The summed E-state index contributed by atoms with van der Waals surface area (Å²) < 4.78 is 5.14. The number of rotatable bonds is 3. The van der Waals surface area contributed by atoms with Crippen molar-refractivity contribution >= 4 is 17.4 Å². The highest BCUT2D eigenvalue weighted by atomic mass is 16.5. The van der Waals surface area contributed by atoms with Crippen molar-refractivity contribution in [3.8, 4) is 5.75 Å². The van der Waals surface area contributed by atoms with Gasteiger partial charge >= 0.3 is 0 Å². The Labute approximate surface area is 111 Å². The number of carbonyl (C=O) groups excluding carboxylic acids is 1. The molecule has 0 radical (unpaired) electrons. The lowest BCUT2D eigenvalue weighted by Gasteiger charge is -2.18. The van der Waals surface area contributed by atoms with Gasteiger partial charge in [0.05, 0.1) is 12.7 Å². The van der Waals surface area contributed by atoms with Gasteiger partial charge in [-0.25, -0.2) is 4.98 Å². The van der Waals surface area contributed by atoms with Crippen LogP contribution in [0, 0.1) is 0 Å². The molecule has 0 aliphatic rings. The summed E-state index contributed by atoms with van der Waals surface area (Å²) in [5.41, 5.74) is 6.82. The molecule has 0 saturated carbocycles. The summed E-state index contributed by atoms with van der Waals surface area (Å²) in [7, 11) is 3.27. The number of nitrogens with two attached hydrogens (primary N) is 1. The van der Waals surface area contributed by atoms with Gasteiger partial charge in [-0.15, -0.1) is 0 Å². The highest BCUT2D eigenvalue weighted by Gasteiger charge is 2.16. The van der Waals surface area contributed by atoms with Gasteiger partial charge in [0.1, 0.15) is 11.6 Å². The Balaban J connectivity index is 2.31. The Morgan fingerprint density at radius 1 is 1.32 bits per heavy atom. The molecule has 1 aromatic carbocycles. The van der Waals surface area contributed by atoms with E-state index in [0.717, 1.165) is 5.69 Å². The van der Waals surface area contributed by atoms with Gasteiger partial charge < -0.3 is 15.4 Å². The molecule has 19 heavy (non-hydrogen) atoms. The van der Waals surface area contributed by atoms with Crippen molar-refractivity contribution < 1.29 is 9.53 Å². The first kappa shape index (κ1) is 12.9. The molecule has 2 rings (SSSR count). The minimum atomic E-state index is -0.209. The summed E-state index contributed by atoms with van der Waals surface area (Å²) in [6, 6.07) is 10.6. The molecule has 0 fully saturated rings. The van der Waals surface area contributed by atoms with Gasteiger partial charge in [-0.2, -0.15) is 0 Å². The third-order valence-electron chi connectivity index (χ3n) is 2.81. The van der Waals surface area contributed by atoms with Crippen LogP contribution in [0.25, 0.3) is 0 Å². The second-order valence-corrected chi connectivity index (χ2v) is 4.00. The Kier molecular flexibility index (Phi) is 3.66. The fraction of sp³-hybridized carbons (Fsp3) is 0.143. The highest BCUT2D eigenvalue weighted by molar-refractivity contribution is 6.08. The Hall–Kier alpha value is -2.56. The maximum Gasteiger partial charge on any atom is 0.261 e. The number of aromatic nitrogens is 1. The first-order valence-corrected chi connectivity index (χ1v) is 5.76. The fourth-order valence-corrected chi connectivity index (χ4v) is 1.72. The molecule has 1 amide bonds. The summed E-state index contributed by atoms with van der Waals surface area (Å²) in [5, 5.41) is 0. The standard InChI is InChI=1S/C14H15N3O2/c1-17(10-5-3-6-11(9-10)19-2)14(18)12-7-4-8-16-13(12)15/h3-9H,1-2H3,(H2,15,16). The van der Waals surface area contributed by atoms with Gasteiger partial charge in [0, 0.05) is 25.0 Å². The molecule has 5 heteroatoms. The molecule has 0 unspecified atom stereocenters. The van der Waals surface area contributed by atoms with Crippen LogP contribution in [0.1, 0.15) is 10.4 Å². The van der Waals surface area contributed by atoms with Gasteiger partial charge in [0.15, 0.2) is 0 Å². The largest absolute Gasteiger partial charge is 0.497 e. The van der Waals surface area contributed by atoms with Gasteiger partial charge in [-0.1, -0.05) is 6.07 Å². The van der Waals surface area contributed by atoms with E-state index in [1.165, 1.54) is 4.90 Å². The average molecular weight is 257 g/mol. The summed E-state index contributed by atoms with van der Waals surface area (Å²) in [6.07, 6.45) is 1.55. The van der Waals surface area contributed by atoms with E-state index in [1.807, 2.05) is 18.2 Å². The maximum atomic E-state index is 12.3. The molecular weight excluding hydrogens is 242 g/mol. The Bertz CT molecular complexity index is 599. The number of hydrogen-bond donors (Lipinski definition) is 1. The van der Waals surface area contributed by atoms with Crippen LogP contribution < -0.4 is 15.4 Å². The van der Waals surface area contributed by atoms with Crippen molar-refractivity contribution in [3.63, 3.8) is 0 Å². The van der Waals surface area contributed by atoms with E-state index in [0.29, 0.717) is 11.3 Å². The van der Waals surface area contributed by atoms with Crippen molar-refractivity contribution in [2.45, 2.75) is 0 Å². The van der Waals surface area contributed by atoms with E-state index in [1.54, 1.807) is 38.6 Å². The summed E-state index contributed by atoms with van der Waals surface area (Å²) in [6.45, 7) is 0. The fourth-order valence-electron chi connectivity index (χ4n) is 1.72. The first-order valence-electron chi connectivity index (χ1n) is 5.76. The zero-order valence-corrected chi connectivity index (χ0v) is 10.8. The number of benzene rings is 1. The van der Waals surface area contributed by atoms with Crippen LogP contribution in [-0.4, -0.2) is 25.0 Å². The molecule has 0 spiro atoms. The van der Waals surface area contributed by atoms with E-state index in [-0.39, 0.29) is 11.7 Å². The van der Waals surface area contributed by atoms with E-state index < -0.39 is 0 Å². The van der Waals surface area contributed by atoms with Gasteiger partial charge in [0.25, 0.3) is 5.91 Å². The molecule has 2 N–H and O–H groups in total. The number of methoxy groups -OCH3 is 1. The number of ether oxygens (including phenoxy) is 1. The Morgan fingerprint density at radius 2 is 2.11 bits per heavy atom. The lowest BCUT2D eigenvalue weighted by molar-refractivity contribution is 0.0993. The molecule has 98 valence electrons. The molecular formula is C14H15N3O2. The van der Waals surface area contributed by atoms with Crippen LogP contribution in [0.15, 0.2) is 42.6 Å². The molecule has 2 aromatic rings. The van der Waals surface area contributed by atoms with Crippen molar-refractivity contribution in [1.29, 1.82) is 0 Å². The molecule has 0 saturated heterocycles. The second-order valence-electron chi connectivity index (χ2n) is 4.00. The predicted octanol–water partition coefficient (Wildman–Crippen LogP) is 1.95. The van der Waals surface area contributed by atoms with Gasteiger partial charge in [0.2, 0.25) is 0 Å². The number of nitrogens with zero attached hydrogens (tertiary/aromatic N) is 2. The third kappa shape index (κ3) is 2.65. The molecule has 5 nitrogen and oxygen atoms in total. The minimum absolute atomic E-state index is 0.209. The highest BCUT2D eigenvalue weighted by Crippen LogP contribution is 2.22. The van der Waals surface area contributed by atoms with Crippen molar-refractivity contribution in [3.05, 3.63) is 48.2 Å². The zero-order valence-electron chi connectivity index (χ0n) is 10.8. The van der Waals surface area contributed by atoms with Crippen LogP contribution in [0.4, 0.5) is 11.5 Å². The number of hydrogen-bond acceptors (Lipinski definition) is 4. The average Bonchev–Trinajstić information content (AvgIpc) is 2.46. The number of carbonyl (C=O) groups is 1. The molecule has 0 atom stereocenters. The lowest BCUT2D eigenvalue weighted by Crippen LogP contribution is -2.27. The molecule has 1 aromatic heterocycles. The SMILES string of the molecule is COc1cccc(N(C)C(=O)c2cccnc2N)c1. The van der Waals surface area contributed by atoms with Crippen LogP contribution in [-0.2, 0) is 0 Å². The smallest absolute Gasteiger partial charge is 0.261 e.